The lowest BCUT2D eigenvalue weighted by molar-refractivity contribution is 0.0178. The van der Waals surface area contributed by atoms with Crippen LogP contribution in [0.3, 0.4) is 0 Å². The molecular formula is C23H22Cl2N2O4. The number of pyridine rings is 1. The molecule has 6 nitrogen and oxygen atoms in total. The molecule has 8 heteroatoms. The molecule has 0 aliphatic carbocycles. The summed E-state index contributed by atoms with van der Waals surface area (Å²) in [6, 6.07) is 12.4. The predicted molar refractivity (Wildman–Crippen MR) is 120 cm³/mol. The molecule has 3 aromatic rings. The minimum absolute atomic E-state index is 0.207. The van der Waals surface area contributed by atoms with E-state index in [1.54, 1.807) is 24.3 Å². The molecule has 1 aromatic heterocycles. The first-order valence-electron chi connectivity index (χ1n) is 10.0. The summed E-state index contributed by atoms with van der Waals surface area (Å²) in [5.41, 5.74) is 1.44. The molecule has 0 unspecified atom stereocenters. The Morgan fingerprint density at radius 2 is 1.94 bits per heavy atom. The van der Waals surface area contributed by atoms with E-state index in [1.165, 1.54) is 6.20 Å². The van der Waals surface area contributed by atoms with E-state index in [9.17, 15) is 4.79 Å². The van der Waals surface area contributed by atoms with Crippen LogP contribution in [0.5, 0.6) is 5.75 Å². The Balaban J connectivity index is 1.44. The van der Waals surface area contributed by atoms with Crippen molar-refractivity contribution in [2.45, 2.75) is 6.61 Å². The number of aromatic nitrogens is 1. The van der Waals surface area contributed by atoms with Gasteiger partial charge in [-0.05, 0) is 18.2 Å². The molecule has 0 amide bonds. The summed E-state index contributed by atoms with van der Waals surface area (Å²) in [6.45, 7) is 5.12. The van der Waals surface area contributed by atoms with Crippen molar-refractivity contribution in [3.63, 3.8) is 0 Å². The van der Waals surface area contributed by atoms with E-state index >= 15 is 0 Å². The van der Waals surface area contributed by atoms with Gasteiger partial charge in [-0.3, -0.25) is 9.88 Å². The molecule has 1 aliphatic rings. The van der Waals surface area contributed by atoms with Crippen LogP contribution in [0.25, 0.3) is 10.9 Å². The molecule has 162 valence electrons. The van der Waals surface area contributed by atoms with Crippen molar-refractivity contribution in [3.8, 4) is 5.75 Å². The Morgan fingerprint density at radius 3 is 2.77 bits per heavy atom. The number of ether oxygens (including phenoxy) is 3. The quantitative estimate of drug-likeness (QED) is 0.291. The number of hydrogen-bond acceptors (Lipinski definition) is 6. The second-order valence-corrected chi connectivity index (χ2v) is 8.00. The maximum atomic E-state index is 13.0. The van der Waals surface area contributed by atoms with Crippen molar-refractivity contribution in [3.05, 3.63) is 69.8 Å². The van der Waals surface area contributed by atoms with Gasteiger partial charge >= 0.3 is 5.97 Å². The summed E-state index contributed by atoms with van der Waals surface area (Å²) in [5.74, 6) is -0.146. The number of rotatable bonds is 7. The number of nitrogens with zero attached hydrogens (tertiary/aromatic N) is 2. The molecule has 2 aromatic carbocycles. The Morgan fingerprint density at radius 1 is 1.13 bits per heavy atom. The highest BCUT2D eigenvalue weighted by Gasteiger charge is 2.19. The van der Waals surface area contributed by atoms with Gasteiger partial charge in [0.2, 0.25) is 0 Å². The maximum absolute atomic E-state index is 13.0. The van der Waals surface area contributed by atoms with Crippen LogP contribution in [0.4, 0.5) is 0 Å². The number of carbonyl (C=O) groups excluding carboxylic acids is 1. The molecule has 0 N–H and O–H groups in total. The first kappa shape index (κ1) is 22.0. The Labute approximate surface area is 190 Å². The zero-order chi connectivity index (χ0) is 21.6. The fraction of sp³-hybridized carbons (Fsp3) is 0.304. The van der Waals surface area contributed by atoms with Crippen molar-refractivity contribution in [1.29, 1.82) is 0 Å². The summed E-state index contributed by atoms with van der Waals surface area (Å²) in [7, 11) is 0. The molecule has 0 bridgehead atoms. The molecular weight excluding hydrogens is 439 g/mol. The molecule has 0 atom stereocenters. The number of carbonyl (C=O) groups is 1. The number of benzene rings is 2. The Bertz CT molecular complexity index is 1070. The lowest BCUT2D eigenvalue weighted by Crippen LogP contribution is -2.38. The highest BCUT2D eigenvalue weighted by molar-refractivity contribution is 6.35. The average molecular weight is 461 g/mol. The molecule has 0 saturated carbocycles. The second kappa shape index (κ2) is 10.4. The molecule has 1 saturated heterocycles. The zero-order valence-electron chi connectivity index (χ0n) is 16.9. The summed E-state index contributed by atoms with van der Waals surface area (Å²) < 4.78 is 16.9. The number of esters is 1. The van der Waals surface area contributed by atoms with Crippen LogP contribution in [0.15, 0.2) is 48.7 Å². The summed E-state index contributed by atoms with van der Waals surface area (Å²) in [4.78, 5) is 19.6. The minimum atomic E-state index is -0.578. The largest absolute Gasteiger partial charge is 0.422 e. The average Bonchev–Trinajstić information content (AvgIpc) is 2.78. The van der Waals surface area contributed by atoms with Crippen LogP contribution < -0.4 is 4.74 Å². The van der Waals surface area contributed by atoms with E-state index in [0.717, 1.165) is 38.4 Å². The van der Waals surface area contributed by atoms with Crippen LogP contribution in [-0.2, 0) is 16.1 Å². The first-order chi connectivity index (χ1) is 15.1. The van der Waals surface area contributed by atoms with Crippen LogP contribution in [0.1, 0.15) is 15.9 Å². The minimum Gasteiger partial charge on any atom is -0.422 e. The number of para-hydroxylation sites is 1. The van der Waals surface area contributed by atoms with Gasteiger partial charge in [0.25, 0.3) is 0 Å². The molecule has 2 heterocycles. The number of morpholine rings is 1. The van der Waals surface area contributed by atoms with E-state index in [-0.39, 0.29) is 10.6 Å². The van der Waals surface area contributed by atoms with Gasteiger partial charge < -0.3 is 14.2 Å². The first-order valence-corrected chi connectivity index (χ1v) is 10.8. The van der Waals surface area contributed by atoms with Gasteiger partial charge in [-0.25, -0.2) is 4.79 Å². The van der Waals surface area contributed by atoms with Crippen LogP contribution in [0, 0.1) is 0 Å². The van der Waals surface area contributed by atoms with Gasteiger partial charge in [-0.1, -0.05) is 47.5 Å². The lowest BCUT2D eigenvalue weighted by atomic mass is 10.1. The van der Waals surface area contributed by atoms with Gasteiger partial charge in [-0.15, -0.1) is 0 Å². The fourth-order valence-electron chi connectivity index (χ4n) is 3.42. The van der Waals surface area contributed by atoms with Gasteiger partial charge in [0, 0.05) is 36.8 Å². The fourth-order valence-corrected chi connectivity index (χ4v) is 3.81. The smallest absolute Gasteiger partial charge is 0.347 e. The van der Waals surface area contributed by atoms with Gasteiger partial charge in [0.05, 0.1) is 42.0 Å². The molecule has 0 radical (unpaired) electrons. The summed E-state index contributed by atoms with van der Waals surface area (Å²) in [6.07, 6.45) is 1.48. The van der Waals surface area contributed by atoms with E-state index in [2.05, 4.69) is 9.88 Å². The molecule has 31 heavy (non-hydrogen) atoms. The van der Waals surface area contributed by atoms with Crippen molar-refractivity contribution >= 4 is 40.1 Å². The molecule has 1 aliphatic heterocycles. The van der Waals surface area contributed by atoms with Gasteiger partial charge in [0.15, 0.2) is 0 Å². The number of halogens is 2. The topological polar surface area (TPSA) is 60.9 Å². The van der Waals surface area contributed by atoms with Crippen LogP contribution in [0.2, 0.25) is 10.0 Å². The maximum Gasteiger partial charge on any atom is 0.347 e. The monoisotopic (exact) mass is 460 g/mol. The lowest BCUT2D eigenvalue weighted by Gasteiger charge is -2.26. The number of hydrogen-bond donors (Lipinski definition) is 0. The Hall–Kier alpha value is -2.22. The summed E-state index contributed by atoms with van der Waals surface area (Å²) in [5, 5.41) is 1.46. The SMILES string of the molecule is O=C(Oc1ccccc1COCCN1CCOCC1)c1c(Cl)ccc2cc(Cl)cnc12. The third-order valence-electron chi connectivity index (χ3n) is 5.06. The van der Waals surface area contributed by atoms with Crippen molar-refractivity contribution in [1.82, 2.24) is 9.88 Å². The second-order valence-electron chi connectivity index (χ2n) is 7.15. The Kier molecular flexibility index (Phi) is 7.37. The highest BCUT2D eigenvalue weighted by atomic mass is 35.5. The molecule has 0 spiro atoms. The van der Waals surface area contributed by atoms with Crippen molar-refractivity contribution in [2.75, 3.05) is 39.5 Å². The van der Waals surface area contributed by atoms with E-state index in [0.29, 0.717) is 34.9 Å². The molecule has 1 fully saturated rings. The number of fused-ring (bicyclic) bond motifs is 1. The van der Waals surface area contributed by atoms with E-state index in [4.69, 9.17) is 37.4 Å². The predicted octanol–water partition coefficient (Wildman–Crippen LogP) is 4.61. The van der Waals surface area contributed by atoms with Gasteiger partial charge in [-0.2, -0.15) is 0 Å². The van der Waals surface area contributed by atoms with E-state index in [1.807, 2.05) is 18.2 Å². The highest BCUT2D eigenvalue weighted by Crippen LogP contribution is 2.28. The third-order valence-corrected chi connectivity index (χ3v) is 5.58. The van der Waals surface area contributed by atoms with Crippen molar-refractivity contribution in [2.24, 2.45) is 0 Å². The standard InChI is InChI=1S/C23H22Cl2N2O4/c24-18-13-16-5-6-19(25)21(22(16)26-14-18)23(28)31-20-4-2-1-3-17(20)15-30-12-9-27-7-10-29-11-8-27/h1-6,13-14H,7-12,15H2. The molecule has 4 rings (SSSR count). The normalized spacial score (nSPS) is 14.6. The van der Waals surface area contributed by atoms with Crippen LogP contribution in [-0.4, -0.2) is 55.3 Å². The van der Waals surface area contributed by atoms with Crippen molar-refractivity contribution < 1.29 is 19.0 Å². The third kappa shape index (κ3) is 5.53. The zero-order valence-corrected chi connectivity index (χ0v) is 18.4. The summed E-state index contributed by atoms with van der Waals surface area (Å²) >= 11 is 12.3. The van der Waals surface area contributed by atoms with Crippen LogP contribution >= 0.6 is 23.2 Å². The van der Waals surface area contributed by atoms with Gasteiger partial charge in [0.1, 0.15) is 11.3 Å². The van der Waals surface area contributed by atoms with E-state index < -0.39 is 5.97 Å².